The van der Waals surface area contributed by atoms with E-state index < -0.39 is 11.0 Å². The molecule has 1 fully saturated rings. The number of halogens is 2. The van der Waals surface area contributed by atoms with Gasteiger partial charge in [0, 0.05) is 22.4 Å². The van der Waals surface area contributed by atoms with Gasteiger partial charge in [-0.1, -0.05) is 24.6 Å². The minimum Gasteiger partial charge on any atom is -0.350 e. The molecule has 1 saturated heterocycles. The molecule has 1 unspecified atom stereocenters. The lowest BCUT2D eigenvalue weighted by atomic mass is 9.69. The summed E-state index contributed by atoms with van der Waals surface area (Å²) in [6.07, 6.45) is 0.366. The Balaban J connectivity index is 2.55. The largest absolute Gasteiger partial charge is 0.350 e. The summed E-state index contributed by atoms with van der Waals surface area (Å²) >= 11 is 6.10. The predicted molar refractivity (Wildman–Crippen MR) is 65.6 cm³/mol. The van der Waals surface area contributed by atoms with Crippen LogP contribution in [0, 0.1) is 5.82 Å². The average molecular weight is 256 g/mol. The molecule has 1 aromatic rings. The van der Waals surface area contributed by atoms with Crippen LogP contribution in [0.1, 0.15) is 32.8 Å². The Labute approximate surface area is 105 Å². The van der Waals surface area contributed by atoms with Crippen molar-refractivity contribution in [1.29, 1.82) is 0 Å². The molecule has 0 saturated carbocycles. The molecule has 4 heteroatoms. The van der Waals surface area contributed by atoms with Crippen LogP contribution < -0.4 is 5.32 Å². The first-order chi connectivity index (χ1) is 7.76. The molecule has 1 atom stereocenters. The third kappa shape index (κ3) is 1.82. The molecule has 92 valence electrons. The maximum Gasteiger partial charge on any atom is 0.221 e. The van der Waals surface area contributed by atoms with E-state index in [4.69, 9.17) is 11.6 Å². The summed E-state index contributed by atoms with van der Waals surface area (Å²) < 4.78 is 13.1. The van der Waals surface area contributed by atoms with Gasteiger partial charge in [-0.15, -0.1) is 0 Å². The van der Waals surface area contributed by atoms with Crippen molar-refractivity contribution in [3.05, 3.63) is 34.6 Å². The summed E-state index contributed by atoms with van der Waals surface area (Å²) in [5.41, 5.74) is -0.00985. The van der Waals surface area contributed by atoms with E-state index in [0.717, 1.165) is 5.56 Å². The van der Waals surface area contributed by atoms with Gasteiger partial charge in [0.05, 0.1) is 0 Å². The molecule has 1 amide bonds. The molecular weight excluding hydrogens is 241 g/mol. The van der Waals surface area contributed by atoms with Gasteiger partial charge in [0.2, 0.25) is 5.91 Å². The highest BCUT2D eigenvalue weighted by molar-refractivity contribution is 6.31. The fourth-order valence-electron chi connectivity index (χ4n) is 2.44. The highest BCUT2D eigenvalue weighted by Gasteiger charge is 2.51. The van der Waals surface area contributed by atoms with Crippen molar-refractivity contribution in [2.75, 3.05) is 0 Å². The van der Waals surface area contributed by atoms with Crippen molar-refractivity contribution in [1.82, 2.24) is 5.32 Å². The fraction of sp³-hybridized carbons (Fsp3) is 0.462. The van der Waals surface area contributed by atoms with Gasteiger partial charge in [-0.05, 0) is 31.5 Å². The van der Waals surface area contributed by atoms with E-state index in [-0.39, 0.29) is 11.7 Å². The van der Waals surface area contributed by atoms with Crippen LogP contribution in [0.25, 0.3) is 0 Å². The second-order valence-corrected chi connectivity index (χ2v) is 5.71. The van der Waals surface area contributed by atoms with Crippen LogP contribution in [-0.4, -0.2) is 11.4 Å². The third-order valence-corrected chi connectivity index (χ3v) is 4.18. The summed E-state index contributed by atoms with van der Waals surface area (Å²) in [5, 5.41) is 3.30. The second-order valence-electron chi connectivity index (χ2n) is 5.31. The zero-order valence-electron chi connectivity index (χ0n) is 10.1. The van der Waals surface area contributed by atoms with Gasteiger partial charge in [-0.25, -0.2) is 4.39 Å². The average Bonchev–Trinajstić information content (AvgIpc) is 2.34. The Morgan fingerprint density at radius 1 is 1.35 bits per heavy atom. The number of hydrogen-bond acceptors (Lipinski definition) is 1. The number of carbonyl (C=O) groups excluding carboxylic acids is 1. The fourth-order valence-corrected chi connectivity index (χ4v) is 2.82. The topological polar surface area (TPSA) is 29.1 Å². The first-order valence-corrected chi connectivity index (χ1v) is 5.91. The Kier molecular flexibility index (Phi) is 2.69. The van der Waals surface area contributed by atoms with Crippen LogP contribution >= 0.6 is 11.6 Å². The summed E-state index contributed by atoms with van der Waals surface area (Å²) in [6, 6.07) is 4.34. The second kappa shape index (κ2) is 3.70. The quantitative estimate of drug-likeness (QED) is 0.821. The van der Waals surface area contributed by atoms with Gasteiger partial charge < -0.3 is 5.32 Å². The lowest BCUT2D eigenvalue weighted by molar-refractivity contribution is -0.119. The lowest BCUT2D eigenvalue weighted by Crippen LogP contribution is -2.48. The predicted octanol–water partition coefficient (Wildman–Crippen LogP) is 3.04. The number of nitrogens with one attached hydrogen (secondary N) is 1. The maximum absolute atomic E-state index is 13.1. The molecule has 1 aliphatic heterocycles. The lowest BCUT2D eigenvalue weighted by Gasteiger charge is -2.38. The molecule has 2 rings (SSSR count). The van der Waals surface area contributed by atoms with E-state index in [1.165, 1.54) is 12.1 Å². The highest BCUT2D eigenvalue weighted by atomic mass is 35.5. The minimum absolute atomic E-state index is 0.00195. The van der Waals surface area contributed by atoms with E-state index >= 15 is 0 Å². The van der Waals surface area contributed by atoms with Crippen LogP contribution in [0.15, 0.2) is 18.2 Å². The van der Waals surface area contributed by atoms with Gasteiger partial charge in [-0.2, -0.15) is 0 Å². The van der Waals surface area contributed by atoms with Crippen molar-refractivity contribution in [3.8, 4) is 0 Å². The number of benzene rings is 1. The zero-order valence-corrected chi connectivity index (χ0v) is 10.9. The van der Waals surface area contributed by atoms with E-state index in [0.29, 0.717) is 11.4 Å². The van der Waals surface area contributed by atoms with Crippen molar-refractivity contribution in [2.24, 2.45) is 0 Å². The number of hydrogen-bond donors (Lipinski definition) is 1. The summed E-state index contributed by atoms with van der Waals surface area (Å²) in [6.45, 7) is 5.89. The first kappa shape index (κ1) is 12.4. The number of carbonyl (C=O) groups is 1. The smallest absolute Gasteiger partial charge is 0.221 e. The Morgan fingerprint density at radius 2 is 2.00 bits per heavy atom. The molecule has 0 aliphatic carbocycles. The van der Waals surface area contributed by atoms with Crippen LogP contribution in [0.2, 0.25) is 5.02 Å². The molecule has 1 aromatic carbocycles. The van der Waals surface area contributed by atoms with Crippen molar-refractivity contribution < 1.29 is 9.18 Å². The van der Waals surface area contributed by atoms with Crippen molar-refractivity contribution >= 4 is 17.5 Å². The Morgan fingerprint density at radius 3 is 2.47 bits per heavy atom. The molecule has 0 aromatic heterocycles. The van der Waals surface area contributed by atoms with E-state index in [1.807, 2.05) is 20.8 Å². The van der Waals surface area contributed by atoms with Gasteiger partial charge in [0.15, 0.2) is 0 Å². The SMILES string of the molecule is CC1(C)NC(=O)CC1(C)c1ccc(F)cc1Cl. The Bertz CT molecular complexity index is 486. The molecular formula is C13H15ClFNO. The van der Waals surface area contributed by atoms with Gasteiger partial charge in [-0.3, -0.25) is 4.79 Å². The summed E-state index contributed by atoms with van der Waals surface area (Å²) in [7, 11) is 0. The maximum atomic E-state index is 13.1. The van der Waals surface area contributed by atoms with Crippen molar-refractivity contribution in [2.45, 2.75) is 38.1 Å². The van der Waals surface area contributed by atoms with E-state index in [2.05, 4.69) is 5.32 Å². The van der Waals surface area contributed by atoms with Crippen LogP contribution in [0.4, 0.5) is 4.39 Å². The first-order valence-electron chi connectivity index (χ1n) is 5.53. The normalized spacial score (nSPS) is 27.0. The number of rotatable bonds is 1. The monoisotopic (exact) mass is 255 g/mol. The van der Waals surface area contributed by atoms with E-state index in [9.17, 15) is 9.18 Å². The Hall–Kier alpha value is -1.09. The molecule has 0 bridgehead atoms. The van der Waals surface area contributed by atoms with Crippen molar-refractivity contribution in [3.63, 3.8) is 0 Å². The molecule has 2 nitrogen and oxygen atoms in total. The highest BCUT2D eigenvalue weighted by Crippen LogP contribution is 2.45. The zero-order chi connectivity index (χ0) is 12.8. The third-order valence-electron chi connectivity index (χ3n) is 3.87. The van der Waals surface area contributed by atoms with Gasteiger partial charge in [0.1, 0.15) is 5.82 Å². The molecule has 1 aliphatic rings. The molecule has 1 N–H and O–H groups in total. The summed E-state index contributed by atoms with van der Waals surface area (Å²) in [5.74, 6) is -0.365. The van der Waals surface area contributed by atoms with Crippen LogP contribution in [-0.2, 0) is 10.2 Å². The molecule has 17 heavy (non-hydrogen) atoms. The van der Waals surface area contributed by atoms with Crippen LogP contribution in [0.5, 0.6) is 0 Å². The molecule has 1 heterocycles. The molecule has 0 radical (unpaired) electrons. The van der Waals surface area contributed by atoms with Gasteiger partial charge in [0.25, 0.3) is 0 Å². The summed E-state index contributed by atoms with van der Waals surface area (Å²) in [4.78, 5) is 11.6. The standard InChI is InChI=1S/C13H15ClFNO/c1-12(2)13(3,7-11(17)16-12)9-5-4-8(15)6-10(9)14/h4-6H,7H2,1-3H3,(H,16,17). The van der Waals surface area contributed by atoms with Crippen LogP contribution in [0.3, 0.4) is 0 Å². The van der Waals surface area contributed by atoms with Gasteiger partial charge >= 0.3 is 0 Å². The molecule has 0 spiro atoms. The van der Waals surface area contributed by atoms with E-state index in [1.54, 1.807) is 6.07 Å². The number of amides is 1. The minimum atomic E-state index is -0.422.